The fourth-order valence-corrected chi connectivity index (χ4v) is 4.04. The molecule has 4 nitrogen and oxygen atoms in total. The van der Waals surface area contributed by atoms with Gasteiger partial charge in [0, 0.05) is 16.7 Å². The topological polar surface area (TPSA) is 66.7 Å². The number of aromatic amines is 1. The van der Waals surface area contributed by atoms with Gasteiger partial charge in [-0.25, -0.2) is 0 Å². The summed E-state index contributed by atoms with van der Waals surface area (Å²) in [6, 6.07) is 4.59. The van der Waals surface area contributed by atoms with E-state index in [0.29, 0.717) is 11.3 Å². The van der Waals surface area contributed by atoms with Gasteiger partial charge in [0.2, 0.25) is 0 Å². The van der Waals surface area contributed by atoms with Gasteiger partial charge in [-0.05, 0) is 30.7 Å². The van der Waals surface area contributed by atoms with Crippen molar-refractivity contribution in [3.63, 3.8) is 0 Å². The molecule has 0 aliphatic heterocycles. The van der Waals surface area contributed by atoms with Crippen LogP contribution in [0.3, 0.4) is 0 Å². The van der Waals surface area contributed by atoms with Crippen LogP contribution in [-0.2, 0) is 0 Å². The lowest BCUT2D eigenvalue weighted by Crippen LogP contribution is -2.26. The Bertz CT molecular complexity index is 566. The van der Waals surface area contributed by atoms with E-state index in [4.69, 9.17) is 5.73 Å². The van der Waals surface area contributed by atoms with Crippen LogP contribution < -0.4 is 11.1 Å². The zero-order chi connectivity index (χ0) is 13.2. The number of nitrogen functional groups attached to an aromatic ring is 1. The molecular formula is C14H20N4S. The standard InChI is InChI=1S/C14H20N4S/c1-2-19-14-5-3-4-11(14)17-13-7-12-9(6-10(13)15)8-16-18-12/h6-8,11,14,17H,2-5,15H2,1H3,(H,16,18). The van der Waals surface area contributed by atoms with Crippen molar-refractivity contribution in [1.29, 1.82) is 0 Å². The first kappa shape index (κ1) is 12.7. The van der Waals surface area contributed by atoms with Crippen LogP contribution in [-0.4, -0.2) is 27.2 Å². The van der Waals surface area contributed by atoms with Gasteiger partial charge in [0.05, 0.1) is 23.1 Å². The summed E-state index contributed by atoms with van der Waals surface area (Å²) in [4.78, 5) is 0. The molecule has 1 saturated carbocycles. The Morgan fingerprint density at radius 2 is 2.37 bits per heavy atom. The van der Waals surface area contributed by atoms with Gasteiger partial charge in [0.15, 0.2) is 0 Å². The SMILES string of the molecule is CCSC1CCCC1Nc1cc2[nH]ncc2cc1N. The lowest BCUT2D eigenvalue weighted by Gasteiger charge is -2.22. The first-order chi connectivity index (χ1) is 9.28. The Kier molecular flexibility index (Phi) is 3.55. The zero-order valence-corrected chi connectivity index (χ0v) is 12.0. The number of rotatable bonds is 4. The largest absolute Gasteiger partial charge is 0.397 e. The number of H-pyrrole nitrogens is 1. The molecule has 2 aromatic rings. The van der Waals surface area contributed by atoms with Gasteiger partial charge in [0.1, 0.15) is 0 Å². The number of fused-ring (bicyclic) bond motifs is 1. The molecule has 0 bridgehead atoms. The summed E-state index contributed by atoms with van der Waals surface area (Å²) in [5, 5.41) is 12.5. The molecule has 5 heteroatoms. The molecule has 3 rings (SSSR count). The number of benzene rings is 1. The van der Waals surface area contributed by atoms with Crippen LogP contribution in [0.1, 0.15) is 26.2 Å². The van der Waals surface area contributed by atoms with Gasteiger partial charge in [-0.15, -0.1) is 0 Å². The summed E-state index contributed by atoms with van der Waals surface area (Å²) in [6.07, 6.45) is 5.66. The second-order valence-electron chi connectivity index (χ2n) is 5.07. The monoisotopic (exact) mass is 276 g/mol. The van der Waals surface area contributed by atoms with Crippen LogP contribution >= 0.6 is 11.8 Å². The molecule has 0 radical (unpaired) electrons. The first-order valence-corrected chi connectivity index (χ1v) is 7.93. The van der Waals surface area contributed by atoms with E-state index < -0.39 is 0 Å². The van der Waals surface area contributed by atoms with Crippen LogP contribution in [0.4, 0.5) is 11.4 Å². The summed E-state index contributed by atoms with van der Waals surface area (Å²) in [7, 11) is 0. The first-order valence-electron chi connectivity index (χ1n) is 6.88. The number of nitrogens with two attached hydrogens (primary N) is 1. The van der Waals surface area contributed by atoms with Crippen molar-refractivity contribution in [1.82, 2.24) is 10.2 Å². The van der Waals surface area contributed by atoms with E-state index in [-0.39, 0.29) is 0 Å². The number of anilines is 2. The highest BCUT2D eigenvalue weighted by Gasteiger charge is 2.27. The van der Waals surface area contributed by atoms with E-state index in [2.05, 4.69) is 40.3 Å². The predicted molar refractivity (Wildman–Crippen MR) is 83.7 cm³/mol. The van der Waals surface area contributed by atoms with Crippen LogP contribution in [0.15, 0.2) is 18.3 Å². The Hall–Kier alpha value is -1.36. The van der Waals surface area contributed by atoms with E-state index in [9.17, 15) is 0 Å². The maximum absolute atomic E-state index is 6.13. The highest BCUT2D eigenvalue weighted by Crippen LogP contribution is 2.34. The Morgan fingerprint density at radius 1 is 1.47 bits per heavy atom. The number of nitrogens with zero attached hydrogens (tertiary/aromatic N) is 1. The third kappa shape index (κ3) is 2.52. The third-order valence-electron chi connectivity index (χ3n) is 3.78. The molecule has 0 amide bonds. The van der Waals surface area contributed by atoms with Crippen molar-refractivity contribution in [3.8, 4) is 0 Å². The normalized spacial score (nSPS) is 23.0. The molecule has 1 aliphatic carbocycles. The molecule has 4 N–H and O–H groups in total. The highest BCUT2D eigenvalue weighted by atomic mass is 32.2. The van der Waals surface area contributed by atoms with Crippen molar-refractivity contribution < 1.29 is 0 Å². The molecule has 1 heterocycles. The summed E-state index contributed by atoms with van der Waals surface area (Å²) in [5.74, 6) is 1.18. The fourth-order valence-electron chi connectivity index (χ4n) is 2.84. The summed E-state index contributed by atoms with van der Waals surface area (Å²) >= 11 is 2.05. The lowest BCUT2D eigenvalue weighted by atomic mass is 10.1. The molecule has 0 saturated heterocycles. The number of nitrogens with one attached hydrogen (secondary N) is 2. The van der Waals surface area contributed by atoms with Gasteiger partial charge >= 0.3 is 0 Å². The zero-order valence-electron chi connectivity index (χ0n) is 11.1. The molecule has 1 fully saturated rings. The molecule has 19 heavy (non-hydrogen) atoms. The second-order valence-corrected chi connectivity index (χ2v) is 6.59. The minimum atomic E-state index is 0.535. The smallest absolute Gasteiger partial charge is 0.0672 e. The Labute approximate surface area is 117 Å². The number of aromatic nitrogens is 2. The number of hydrogen-bond donors (Lipinski definition) is 3. The molecule has 1 aromatic carbocycles. The van der Waals surface area contributed by atoms with Crippen molar-refractivity contribution in [2.24, 2.45) is 0 Å². The van der Waals surface area contributed by atoms with E-state index in [0.717, 1.165) is 22.3 Å². The van der Waals surface area contributed by atoms with Gasteiger partial charge in [-0.1, -0.05) is 13.3 Å². The minimum Gasteiger partial charge on any atom is -0.397 e. The summed E-state index contributed by atoms with van der Waals surface area (Å²) in [6.45, 7) is 2.23. The van der Waals surface area contributed by atoms with Gasteiger partial charge < -0.3 is 11.1 Å². The van der Waals surface area contributed by atoms with E-state index in [1.807, 2.05) is 6.07 Å². The molecular weight excluding hydrogens is 256 g/mol. The second kappa shape index (κ2) is 5.33. The van der Waals surface area contributed by atoms with Crippen LogP contribution in [0.2, 0.25) is 0 Å². The van der Waals surface area contributed by atoms with Gasteiger partial charge in [0.25, 0.3) is 0 Å². The quantitative estimate of drug-likeness (QED) is 0.750. The molecule has 2 unspecified atom stereocenters. The molecule has 1 aliphatic rings. The fraction of sp³-hybridized carbons (Fsp3) is 0.500. The van der Waals surface area contributed by atoms with E-state index in [1.54, 1.807) is 6.20 Å². The van der Waals surface area contributed by atoms with Crippen molar-refractivity contribution in [2.45, 2.75) is 37.5 Å². The predicted octanol–water partition coefficient (Wildman–Crippen LogP) is 3.23. The highest BCUT2D eigenvalue weighted by molar-refractivity contribution is 7.99. The minimum absolute atomic E-state index is 0.535. The third-order valence-corrected chi connectivity index (χ3v) is 5.11. The Balaban J connectivity index is 1.82. The lowest BCUT2D eigenvalue weighted by molar-refractivity contribution is 0.768. The molecule has 1 aromatic heterocycles. The van der Waals surface area contributed by atoms with Crippen molar-refractivity contribution in [2.75, 3.05) is 16.8 Å². The summed E-state index contributed by atoms with van der Waals surface area (Å²) < 4.78 is 0. The van der Waals surface area contributed by atoms with Gasteiger partial charge in [-0.2, -0.15) is 16.9 Å². The van der Waals surface area contributed by atoms with Gasteiger partial charge in [-0.3, -0.25) is 5.10 Å². The van der Waals surface area contributed by atoms with E-state index in [1.165, 1.54) is 25.0 Å². The Morgan fingerprint density at radius 3 is 3.21 bits per heavy atom. The van der Waals surface area contributed by atoms with Crippen molar-refractivity contribution >= 4 is 34.0 Å². The maximum atomic E-state index is 6.13. The molecule has 0 spiro atoms. The molecule has 102 valence electrons. The number of hydrogen-bond acceptors (Lipinski definition) is 4. The van der Waals surface area contributed by atoms with E-state index >= 15 is 0 Å². The number of thioether (sulfide) groups is 1. The average Bonchev–Trinajstić information content (AvgIpc) is 3.00. The van der Waals surface area contributed by atoms with Crippen molar-refractivity contribution in [3.05, 3.63) is 18.3 Å². The van der Waals surface area contributed by atoms with Crippen LogP contribution in [0.5, 0.6) is 0 Å². The summed E-state index contributed by atoms with van der Waals surface area (Å²) in [5.41, 5.74) is 9.01. The maximum Gasteiger partial charge on any atom is 0.0672 e. The average molecular weight is 276 g/mol. The molecule has 2 atom stereocenters. The van der Waals surface area contributed by atoms with Crippen LogP contribution in [0.25, 0.3) is 10.9 Å². The van der Waals surface area contributed by atoms with Crippen LogP contribution in [0, 0.1) is 0 Å².